The highest BCUT2D eigenvalue weighted by atomic mass is 16.7. The lowest BCUT2D eigenvalue weighted by Gasteiger charge is -2.39. The molecule has 0 aromatic heterocycles. The summed E-state index contributed by atoms with van der Waals surface area (Å²) >= 11 is 0. The fourth-order valence-corrected chi connectivity index (χ4v) is 2.26. The number of aliphatic hydroxyl groups excluding tert-OH is 4. The topological polar surface area (TPSA) is 157 Å². The van der Waals surface area contributed by atoms with Crippen molar-refractivity contribution in [1.29, 1.82) is 0 Å². The molecule has 6 N–H and O–H groups in total. The van der Waals surface area contributed by atoms with E-state index in [1.54, 1.807) is 0 Å². The summed E-state index contributed by atoms with van der Waals surface area (Å²) in [5, 5.41) is 56.9. The Kier molecular flexibility index (Phi) is 5.52. The highest BCUT2D eigenvalue weighted by Gasteiger charge is 2.44. The first-order valence-corrected chi connectivity index (χ1v) is 6.83. The molecule has 1 aromatic rings. The van der Waals surface area contributed by atoms with Crippen LogP contribution in [0.5, 0.6) is 5.75 Å². The van der Waals surface area contributed by atoms with Gasteiger partial charge in [-0.05, 0) is 6.07 Å². The number of carbonyl (C=O) groups is 1. The summed E-state index contributed by atoms with van der Waals surface area (Å²) in [5.74, 6) is -1.79. The van der Waals surface area contributed by atoms with Crippen LogP contribution in [0.3, 0.4) is 0 Å². The van der Waals surface area contributed by atoms with E-state index in [4.69, 9.17) is 19.7 Å². The average molecular weight is 330 g/mol. The summed E-state index contributed by atoms with van der Waals surface area (Å²) in [6, 6.07) is 4.05. The Bertz CT molecular complexity index is 559. The smallest absolute Gasteiger partial charge is 0.339 e. The number of benzene rings is 1. The summed E-state index contributed by atoms with van der Waals surface area (Å²) in [6.45, 7) is -0.903. The molecule has 128 valence electrons. The number of carboxylic acids is 1. The van der Waals surface area contributed by atoms with Crippen molar-refractivity contribution in [2.45, 2.75) is 37.3 Å². The number of para-hydroxylation sites is 1. The number of hydrogen-bond acceptors (Lipinski definition) is 8. The van der Waals surface area contributed by atoms with Crippen molar-refractivity contribution in [3.63, 3.8) is 0 Å². The summed E-state index contributed by atoms with van der Waals surface area (Å²) in [6.07, 6.45) is -7.13. The molecule has 5 atom stereocenters. The van der Waals surface area contributed by atoms with Gasteiger partial charge in [0.1, 0.15) is 35.7 Å². The van der Waals surface area contributed by atoms with Gasteiger partial charge in [0.05, 0.1) is 13.2 Å². The van der Waals surface area contributed by atoms with Gasteiger partial charge in [0.15, 0.2) is 6.29 Å². The van der Waals surface area contributed by atoms with Crippen LogP contribution in [0.25, 0.3) is 0 Å². The van der Waals surface area contributed by atoms with Crippen LogP contribution in [0.1, 0.15) is 15.9 Å². The number of aromatic carboxylic acids is 1. The van der Waals surface area contributed by atoms with Crippen LogP contribution in [-0.2, 0) is 16.1 Å². The number of carboxylic acid groups (broad SMARTS) is 1. The van der Waals surface area contributed by atoms with Gasteiger partial charge >= 0.3 is 5.97 Å². The average Bonchev–Trinajstić information content (AvgIpc) is 2.53. The number of aromatic hydroxyl groups is 1. The fraction of sp³-hybridized carbons (Fsp3) is 0.500. The maximum Gasteiger partial charge on any atom is 0.339 e. The molecule has 0 amide bonds. The highest BCUT2D eigenvalue weighted by Crippen LogP contribution is 2.26. The lowest BCUT2D eigenvalue weighted by Crippen LogP contribution is -2.59. The fourth-order valence-electron chi connectivity index (χ4n) is 2.26. The van der Waals surface area contributed by atoms with Gasteiger partial charge in [0.2, 0.25) is 0 Å². The lowest BCUT2D eigenvalue weighted by atomic mass is 9.99. The van der Waals surface area contributed by atoms with Gasteiger partial charge in [0, 0.05) is 5.56 Å². The predicted molar refractivity (Wildman–Crippen MR) is 73.6 cm³/mol. The third kappa shape index (κ3) is 3.61. The monoisotopic (exact) mass is 330 g/mol. The van der Waals surface area contributed by atoms with E-state index < -0.39 is 49.0 Å². The molecule has 9 nitrogen and oxygen atoms in total. The third-order valence-electron chi connectivity index (χ3n) is 3.60. The molecule has 9 heteroatoms. The van der Waals surface area contributed by atoms with Crippen molar-refractivity contribution in [2.75, 3.05) is 6.61 Å². The van der Waals surface area contributed by atoms with E-state index in [1.165, 1.54) is 18.2 Å². The SMILES string of the molecule is O=C(O)c1cccc(CO[C@@H]2O[C@H](CO)[C@@H](O)[C@H](O)[C@H]2O)c1O. The van der Waals surface area contributed by atoms with E-state index in [2.05, 4.69) is 0 Å². The molecule has 0 bridgehead atoms. The number of phenols is 1. The molecule has 1 aliphatic rings. The van der Waals surface area contributed by atoms with Crippen molar-refractivity contribution in [2.24, 2.45) is 0 Å². The minimum absolute atomic E-state index is 0.141. The molecular weight excluding hydrogens is 312 g/mol. The second-order valence-electron chi connectivity index (χ2n) is 5.13. The van der Waals surface area contributed by atoms with Crippen LogP contribution in [0.4, 0.5) is 0 Å². The molecule has 0 aliphatic carbocycles. The van der Waals surface area contributed by atoms with Crippen molar-refractivity contribution in [3.05, 3.63) is 29.3 Å². The summed E-state index contributed by atoms with van der Waals surface area (Å²) < 4.78 is 10.4. The van der Waals surface area contributed by atoms with Crippen molar-refractivity contribution in [3.8, 4) is 5.75 Å². The second-order valence-corrected chi connectivity index (χ2v) is 5.13. The maximum absolute atomic E-state index is 10.9. The Morgan fingerprint density at radius 1 is 1.17 bits per heavy atom. The Hall–Kier alpha value is -1.75. The first-order chi connectivity index (χ1) is 10.9. The Labute approximate surface area is 130 Å². The number of aliphatic hydroxyl groups is 4. The quantitative estimate of drug-likeness (QED) is 0.374. The normalized spacial score (nSPS) is 31.0. The zero-order chi connectivity index (χ0) is 17.1. The van der Waals surface area contributed by atoms with Crippen LogP contribution in [-0.4, -0.2) is 73.9 Å². The second kappa shape index (κ2) is 7.21. The summed E-state index contributed by atoms with van der Waals surface area (Å²) in [5.41, 5.74) is -0.165. The van der Waals surface area contributed by atoms with Gasteiger partial charge in [0.25, 0.3) is 0 Å². The molecule has 1 fully saturated rings. The van der Waals surface area contributed by atoms with Crippen molar-refractivity contribution in [1.82, 2.24) is 0 Å². The lowest BCUT2D eigenvalue weighted by molar-refractivity contribution is -0.304. The van der Waals surface area contributed by atoms with Gasteiger partial charge in [-0.2, -0.15) is 0 Å². The van der Waals surface area contributed by atoms with Crippen LogP contribution in [0, 0.1) is 0 Å². The minimum Gasteiger partial charge on any atom is -0.507 e. The molecule has 1 heterocycles. The zero-order valence-electron chi connectivity index (χ0n) is 11.9. The molecule has 23 heavy (non-hydrogen) atoms. The molecule has 1 saturated heterocycles. The third-order valence-corrected chi connectivity index (χ3v) is 3.60. The predicted octanol–water partition coefficient (Wildman–Crippen LogP) is -1.59. The van der Waals surface area contributed by atoms with Crippen molar-refractivity contribution < 1.29 is 44.9 Å². The molecule has 2 rings (SSSR count). The van der Waals surface area contributed by atoms with Gasteiger partial charge < -0.3 is 40.1 Å². The van der Waals surface area contributed by atoms with E-state index >= 15 is 0 Å². The summed E-state index contributed by atoms with van der Waals surface area (Å²) in [7, 11) is 0. The van der Waals surface area contributed by atoms with Crippen LogP contribution >= 0.6 is 0 Å². The molecular formula is C14H18O9. The Morgan fingerprint density at radius 2 is 1.87 bits per heavy atom. The van der Waals surface area contributed by atoms with E-state index in [1.807, 2.05) is 0 Å². The first kappa shape index (κ1) is 17.6. The van der Waals surface area contributed by atoms with Crippen LogP contribution in [0.15, 0.2) is 18.2 Å². The molecule has 0 unspecified atom stereocenters. The molecule has 0 radical (unpaired) electrons. The molecule has 1 aliphatic heterocycles. The Balaban J connectivity index is 2.08. The number of hydrogen-bond donors (Lipinski definition) is 6. The standard InChI is InChI=1S/C14H18O9/c15-4-8-10(17)11(18)12(19)14(23-8)22-5-6-2-1-3-7(9(6)16)13(20)21/h1-3,8,10-12,14-19H,4-5H2,(H,20,21)/t8-,10-,11+,12-,14-/m1/s1. The number of rotatable bonds is 5. The zero-order valence-corrected chi connectivity index (χ0v) is 11.9. The Morgan fingerprint density at radius 3 is 2.48 bits per heavy atom. The molecule has 0 saturated carbocycles. The van der Waals surface area contributed by atoms with Crippen LogP contribution < -0.4 is 0 Å². The van der Waals surface area contributed by atoms with Gasteiger partial charge in [-0.25, -0.2) is 4.79 Å². The van der Waals surface area contributed by atoms with E-state index in [0.717, 1.165) is 0 Å². The molecule has 0 spiro atoms. The largest absolute Gasteiger partial charge is 0.507 e. The van der Waals surface area contributed by atoms with E-state index in [-0.39, 0.29) is 17.7 Å². The van der Waals surface area contributed by atoms with E-state index in [9.17, 15) is 25.2 Å². The van der Waals surface area contributed by atoms with E-state index in [0.29, 0.717) is 0 Å². The van der Waals surface area contributed by atoms with Gasteiger partial charge in [-0.3, -0.25) is 0 Å². The van der Waals surface area contributed by atoms with Crippen molar-refractivity contribution >= 4 is 5.97 Å². The first-order valence-electron chi connectivity index (χ1n) is 6.83. The molecule has 1 aromatic carbocycles. The number of ether oxygens (including phenoxy) is 2. The summed E-state index contributed by atoms with van der Waals surface area (Å²) in [4.78, 5) is 10.9. The van der Waals surface area contributed by atoms with Gasteiger partial charge in [-0.1, -0.05) is 12.1 Å². The minimum atomic E-state index is -1.58. The van der Waals surface area contributed by atoms with Crippen LogP contribution in [0.2, 0.25) is 0 Å². The highest BCUT2D eigenvalue weighted by molar-refractivity contribution is 5.91. The van der Waals surface area contributed by atoms with Gasteiger partial charge in [-0.15, -0.1) is 0 Å². The maximum atomic E-state index is 10.9.